The molecule has 1 saturated carbocycles. The second-order valence-electron chi connectivity index (χ2n) is 6.79. The van der Waals surface area contributed by atoms with Crippen LogP contribution in [-0.2, 0) is 0 Å². The maximum Gasteiger partial charge on any atom is 0.00502 e. The Labute approximate surface area is 94.2 Å². The third kappa shape index (κ3) is 2.54. The van der Waals surface area contributed by atoms with E-state index in [2.05, 4.69) is 25.7 Å². The number of nitrogens with zero attached hydrogens (tertiary/aromatic N) is 1. The van der Waals surface area contributed by atoms with Gasteiger partial charge in [-0.15, -0.1) is 0 Å². The molecule has 2 rings (SSSR count). The Hall–Kier alpha value is -0.0800. The lowest BCUT2D eigenvalue weighted by Gasteiger charge is -2.28. The van der Waals surface area contributed by atoms with Gasteiger partial charge in [-0.2, -0.15) is 0 Å². The first kappa shape index (κ1) is 11.4. The molecule has 2 fully saturated rings. The Morgan fingerprint density at radius 3 is 2.40 bits per heavy atom. The van der Waals surface area contributed by atoms with E-state index in [4.69, 9.17) is 5.73 Å². The van der Waals surface area contributed by atoms with E-state index in [-0.39, 0.29) is 0 Å². The molecule has 1 heterocycles. The molecule has 0 radical (unpaired) electrons. The van der Waals surface area contributed by atoms with Crippen LogP contribution in [0.4, 0.5) is 0 Å². The zero-order valence-electron chi connectivity index (χ0n) is 10.6. The lowest BCUT2D eigenvalue weighted by molar-refractivity contribution is 0.210. The van der Waals surface area contributed by atoms with E-state index in [1.807, 2.05) is 0 Å². The normalized spacial score (nSPS) is 30.8. The molecule has 1 saturated heterocycles. The van der Waals surface area contributed by atoms with Gasteiger partial charge >= 0.3 is 0 Å². The highest BCUT2D eigenvalue weighted by molar-refractivity contribution is 4.98. The molecule has 2 nitrogen and oxygen atoms in total. The molecule has 0 spiro atoms. The van der Waals surface area contributed by atoms with Crippen molar-refractivity contribution in [2.24, 2.45) is 22.5 Å². The summed E-state index contributed by atoms with van der Waals surface area (Å²) >= 11 is 0. The lowest BCUT2D eigenvalue weighted by atomic mass is 9.80. The fourth-order valence-corrected chi connectivity index (χ4v) is 2.76. The molecule has 88 valence electrons. The second-order valence-corrected chi connectivity index (χ2v) is 6.79. The Kier molecular flexibility index (Phi) is 2.85. The fraction of sp³-hybridized carbons (Fsp3) is 1.00. The summed E-state index contributed by atoms with van der Waals surface area (Å²) < 4.78 is 0. The molecule has 0 aromatic rings. The monoisotopic (exact) mass is 210 g/mol. The second kappa shape index (κ2) is 3.74. The van der Waals surface area contributed by atoms with Crippen molar-refractivity contribution in [2.45, 2.75) is 40.0 Å². The van der Waals surface area contributed by atoms with Crippen molar-refractivity contribution in [3.63, 3.8) is 0 Å². The topological polar surface area (TPSA) is 29.3 Å². The zero-order chi connectivity index (χ0) is 11.1. The highest BCUT2D eigenvalue weighted by atomic mass is 15.2. The van der Waals surface area contributed by atoms with Gasteiger partial charge in [0, 0.05) is 13.1 Å². The molecular weight excluding hydrogens is 184 g/mol. The minimum absolute atomic E-state index is 0.480. The van der Waals surface area contributed by atoms with Crippen LogP contribution in [0.2, 0.25) is 0 Å². The highest BCUT2D eigenvalue weighted by Gasteiger charge is 2.44. The molecule has 0 bridgehead atoms. The first-order valence-electron chi connectivity index (χ1n) is 6.38. The van der Waals surface area contributed by atoms with Gasteiger partial charge in [0.25, 0.3) is 0 Å². The van der Waals surface area contributed by atoms with Crippen LogP contribution in [0.1, 0.15) is 40.0 Å². The van der Waals surface area contributed by atoms with Gasteiger partial charge < -0.3 is 10.6 Å². The van der Waals surface area contributed by atoms with Gasteiger partial charge in [0.1, 0.15) is 0 Å². The quantitative estimate of drug-likeness (QED) is 0.773. The average molecular weight is 210 g/mol. The maximum absolute atomic E-state index is 5.84. The molecule has 0 aromatic heterocycles. The first-order chi connectivity index (χ1) is 6.95. The molecule has 1 aliphatic carbocycles. The Morgan fingerprint density at radius 1 is 1.33 bits per heavy atom. The third-order valence-electron chi connectivity index (χ3n) is 4.45. The standard InChI is InChI=1S/C13H26N2/c1-12(2,3)11-4-7-15(8-11)10-13(9-14)5-6-13/h11H,4-10,14H2,1-3H3. The molecule has 1 unspecified atom stereocenters. The molecule has 15 heavy (non-hydrogen) atoms. The van der Waals surface area contributed by atoms with E-state index in [1.54, 1.807) is 0 Å². The van der Waals surface area contributed by atoms with Crippen molar-refractivity contribution >= 4 is 0 Å². The third-order valence-corrected chi connectivity index (χ3v) is 4.45. The van der Waals surface area contributed by atoms with Crippen molar-refractivity contribution in [3.05, 3.63) is 0 Å². The van der Waals surface area contributed by atoms with Crippen molar-refractivity contribution in [3.8, 4) is 0 Å². The number of likely N-dealkylation sites (tertiary alicyclic amines) is 1. The van der Waals surface area contributed by atoms with Crippen LogP contribution in [0.3, 0.4) is 0 Å². The molecule has 0 amide bonds. The summed E-state index contributed by atoms with van der Waals surface area (Å²) in [5, 5.41) is 0. The Bertz CT molecular complexity index is 225. The summed E-state index contributed by atoms with van der Waals surface area (Å²) in [6.07, 6.45) is 4.10. The van der Waals surface area contributed by atoms with Crippen LogP contribution < -0.4 is 5.73 Å². The van der Waals surface area contributed by atoms with E-state index in [9.17, 15) is 0 Å². The van der Waals surface area contributed by atoms with Crippen LogP contribution in [-0.4, -0.2) is 31.1 Å². The summed E-state index contributed by atoms with van der Waals surface area (Å²) in [6, 6.07) is 0. The summed E-state index contributed by atoms with van der Waals surface area (Å²) in [5.74, 6) is 0.881. The molecule has 1 aliphatic heterocycles. The average Bonchev–Trinajstić information content (AvgIpc) is 2.73. The van der Waals surface area contributed by atoms with Crippen LogP contribution in [0.15, 0.2) is 0 Å². The van der Waals surface area contributed by atoms with Gasteiger partial charge in [-0.25, -0.2) is 0 Å². The van der Waals surface area contributed by atoms with Crippen molar-refractivity contribution in [2.75, 3.05) is 26.2 Å². The smallest absolute Gasteiger partial charge is 0.00502 e. The van der Waals surface area contributed by atoms with Gasteiger partial charge in [-0.1, -0.05) is 20.8 Å². The molecule has 0 aromatic carbocycles. The number of hydrogen-bond donors (Lipinski definition) is 1. The van der Waals surface area contributed by atoms with E-state index in [0.717, 1.165) is 12.5 Å². The van der Waals surface area contributed by atoms with Gasteiger partial charge in [0.2, 0.25) is 0 Å². The molecular formula is C13H26N2. The molecule has 2 aliphatic rings. The van der Waals surface area contributed by atoms with Crippen LogP contribution in [0, 0.1) is 16.7 Å². The van der Waals surface area contributed by atoms with E-state index >= 15 is 0 Å². The van der Waals surface area contributed by atoms with Crippen LogP contribution in [0.25, 0.3) is 0 Å². The minimum Gasteiger partial charge on any atom is -0.330 e. The highest BCUT2D eigenvalue weighted by Crippen LogP contribution is 2.46. The van der Waals surface area contributed by atoms with Crippen molar-refractivity contribution < 1.29 is 0 Å². The molecule has 1 atom stereocenters. The van der Waals surface area contributed by atoms with Crippen molar-refractivity contribution in [1.82, 2.24) is 4.90 Å². The number of rotatable bonds is 3. The molecule has 2 heteroatoms. The predicted octanol–water partition coefficient (Wildman–Crippen LogP) is 2.09. The maximum atomic E-state index is 5.84. The number of nitrogens with two attached hydrogens (primary N) is 1. The predicted molar refractivity (Wildman–Crippen MR) is 64.7 cm³/mol. The fourth-order valence-electron chi connectivity index (χ4n) is 2.76. The van der Waals surface area contributed by atoms with Gasteiger partial charge in [-0.3, -0.25) is 0 Å². The summed E-state index contributed by atoms with van der Waals surface area (Å²) in [5.41, 5.74) is 6.84. The number of hydrogen-bond acceptors (Lipinski definition) is 2. The lowest BCUT2D eigenvalue weighted by Crippen LogP contribution is -2.34. The van der Waals surface area contributed by atoms with E-state index < -0.39 is 0 Å². The van der Waals surface area contributed by atoms with Crippen LogP contribution >= 0.6 is 0 Å². The zero-order valence-corrected chi connectivity index (χ0v) is 10.6. The largest absolute Gasteiger partial charge is 0.330 e. The van der Waals surface area contributed by atoms with Crippen molar-refractivity contribution in [1.29, 1.82) is 0 Å². The SMILES string of the molecule is CC(C)(C)C1CCN(CC2(CN)CC2)C1. The van der Waals surface area contributed by atoms with E-state index in [0.29, 0.717) is 10.8 Å². The van der Waals surface area contributed by atoms with Gasteiger partial charge in [0.05, 0.1) is 0 Å². The Balaban J connectivity index is 1.83. The van der Waals surface area contributed by atoms with Crippen LogP contribution in [0.5, 0.6) is 0 Å². The summed E-state index contributed by atoms with van der Waals surface area (Å²) in [4.78, 5) is 2.65. The summed E-state index contributed by atoms with van der Waals surface area (Å²) in [6.45, 7) is 11.9. The van der Waals surface area contributed by atoms with E-state index in [1.165, 1.54) is 38.9 Å². The van der Waals surface area contributed by atoms with Gasteiger partial charge in [-0.05, 0) is 49.1 Å². The Morgan fingerprint density at radius 2 is 2.00 bits per heavy atom. The molecule has 2 N–H and O–H groups in total. The minimum atomic E-state index is 0.480. The summed E-state index contributed by atoms with van der Waals surface area (Å²) in [7, 11) is 0. The van der Waals surface area contributed by atoms with Gasteiger partial charge in [0.15, 0.2) is 0 Å². The first-order valence-corrected chi connectivity index (χ1v) is 6.38.